The third-order valence-electron chi connectivity index (χ3n) is 3.24. The number of thioether (sulfide) groups is 1. The maximum absolute atomic E-state index is 4.11. The molecule has 4 heteroatoms. The average molecular weight is 259 g/mol. The molecule has 3 nitrogen and oxygen atoms in total. The van der Waals surface area contributed by atoms with Crippen LogP contribution in [0.15, 0.2) is 43.0 Å². The molecule has 1 fully saturated rings. The average Bonchev–Trinajstić information content (AvgIpc) is 3.02. The Morgan fingerprint density at radius 2 is 2.28 bits per heavy atom. The highest BCUT2D eigenvalue weighted by atomic mass is 32.2. The van der Waals surface area contributed by atoms with Crippen molar-refractivity contribution in [3.63, 3.8) is 0 Å². The van der Waals surface area contributed by atoms with Gasteiger partial charge >= 0.3 is 0 Å². The van der Waals surface area contributed by atoms with Crippen LogP contribution in [0.25, 0.3) is 5.69 Å². The third kappa shape index (κ3) is 2.38. The van der Waals surface area contributed by atoms with Gasteiger partial charge < -0.3 is 9.88 Å². The number of hydrogen-bond donors (Lipinski definition) is 1. The summed E-state index contributed by atoms with van der Waals surface area (Å²) in [4.78, 5) is 4.11. The molecular weight excluding hydrogens is 242 g/mol. The summed E-state index contributed by atoms with van der Waals surface area (Å²) in [6.07, 6.45) is 6.87. The predicted octanol–water partition coefficient (Wildman–Crippen LogP) is 3.18. The smallest absolute Gasteiger partial charge is 0.0992 e. The van der Waals surface area contributed by atoms with E-state index in [0.717, 1.165) is 5.25 Å². The van der Waals surface area contributed by atoms with Crippen molar-refractivity contribution in [2.75, 3.05) is 11.1 Å². The summed E-state index contributed by atoms with van der Waals surface area (Å²) < 4.78 is 2.05. The van der Waals surface area contributed by atoms with Gasteiger partial charge in [0.05, 0.1) is 17.7 Å². The quantitative estimate of drug-likeness (QED) is 0.918. The summed E-state index contributed by atoms with van der Waals surface area (Å²) in [7, 11) is 0. The van der Waals surface area contributed by atoms with E-state index >= 15 is 0 Å². The van der Waals surface area contributed by atoms with E-state index < -0.39 is 0 Å². The second kappa shape index (κ2) is 5.06. The Kier molecular flexibility index (Phi) is 3.28. The Morgan fingerprint density at radius 3 is 3.00 bits per heavy atom. The highest BCUT2D eigenvalue weighted by molar-refractivity contribution is 8.00. The van der Waals surface area contributed by atoms with Crippen molar-refractivity contribution in [3.8, 4) is 5.69 Å². The molecule has 1 N–H and O–H groups in total. The minimum absolute atomic E-state index is 0.578. The van der Waals surface area contributed by atoms with Crippen molar-refractivity contribution in [2.24, 2.45) is 0 Å². The van der Waals surface area contributed by atoms with Gasteiger partial charge in [0.15, 0.2) is 0 Å². The van der Waals surface area contributed by atoms with Gasteiger partial charge in [-0.15, -0.1) is 0 Å². The summed E-state index contributed by atoms with van der Waals surface area (Å²) in [6.45, 7) is 2.30. The summed E-state index contributed by atoms with van der Waals surface area (Å²) in [5.41, 5.74) is 2.36. The van der Waals surface area contributed by atoms with Crippen LogP contribution < -0.4 is 5.32 Å². The second-order valence-electron chi connectivity index (χ2n) is 4.71. The van der Waals surface area contributed by atoms with E-state index in [4.69, 9.17) is 0 Å². The number of anilines is 1. The zero-order valence-electron chi connectivity index (χ0n) is 10.4. The number of nitrogens with zero attached hydrogens (tertiary/aromatic N) is 2. The van der Waals surface area contributed by atoms with Crippen molar-refractivity contribution < 1.29 is 0 Å². The minimum atomic E-state index is 0.578. The van der Waals surface area contributed by atoms with Crippen LogP contribution in [0.2, 0.25) is 0 Å². The summed E-state index contributed by atoms with van der Waals surface area (Å²) >= 11 is 2.05. The molecule has 0 aliphatic carbocycles. The van der Waals surface area contributed by atoms with E-state index in [1.807, 2.05) is 35.0 Å². The Morgan fingerprint density at radius 1 is 1.39 bits per heavy atom. The SMILES string of the molecule is CC1CC(Nc2ccccc2-n2ccnc2)CS1. The zero-order chi connectivity index (χ0) is 12.4. The van der Waals surface area contributed by atoms with E-state index in [1.54, 1.807) is 0 Å². The van der Waals surface area contributed by atoms with Crippen molar-refractivity contribution >= 4 is 17.4 Å². The van der Waals surface area contributed by atoms with Crippen LogP contribution >= 0.6 is 11.8 Å². The van der Waals surface area contributed by atoms with Crippen LogP contribution in [0.1, 0.15) is 13.3 Å². The molecule has 1 aliphatic rings. The van der Waals surface area contributed by atoms with Gasteiger partial charge in [-0.2, -0.15) is 11.8 Å². The lowest BCUT2D eigenvalue weighted by Crippen LogP contribution is -2.19. The lowest BCUT2D eigenvalue weighted by molar-refractivity contribution is 0.746. The molecule has 2 heterocycles. The molecule has 2 aromatic rings. The number of aromatic nitrogens is 2. The van der Waals surface area contributed by atoms with E-state index in [-0.39, 0.29) is 0 Å². The molecule has 2 atom stereocenters. The molecule has 0 bridgehead atoms. The number of nitrogens with one attached hydrogen (secondary N) is 1. The largest absolute Gasteiger partial charge is 0.380 e. The van der Waals surface area contributed by atoms with Crippen LogP contribution in [-0.2, 0) is 0 Å². The lowest BCUT2D eigenvalue weighted by atomic mass is 10.1. The third-order valence-corrected chi connectivity index (χ3v) is 4.60. The lowest BCUT2D eigenvalue weighted by Gasteiger charge is -2.17. The first-order valence-electron chi connectivity index (χ1n) is 6.28. The van der Waals surface area contributed by atoms with Gasteiger partial charge in [-0.25, -0.2) is 4.98 Å². The van der Waals surface area contributed by atoms with Crippen molar-refractivity contribution in [3.05, 3.63) is 43.0 Å². The fourth-order valence-electron chi connectivity index (χ4n) is 2.36. The van der Waals surface area contributed by atoms with Gasteiger partial charge in [0, 0.05) is 29.4 Å². The Hall–Kier alpha value is -1.42. The van der Waals surface area contributed by atoms with Crippen LogP contribution in [0, 0.1) is 0 Å². The first-order valence-corrected chi connectivity index (χ1v) is 7.33. The number of para-hydroxylation sites is 2. The van der Waals surface area contributed by atoms with Crippen LogP contribution in [0.4, 0.5) is 5.69 Å². The molecule has 0 amide bonds. The molecule has 0 radical (unpaired) electrons. The topological polar surface area (TPSA) is 29.9 Å². The van der Waals surface area contributed by atoms with Crippen LogP contribution in [0.5, 0.6) is 0 Å². The number of imidazole rings is 1. The number of benzene rings is 1. The van der Waals surface area contributed by atoms with E-state index in [1.165, 1.54) is 23.5 Å². The van der Waals surface area contributed by atoms with Gasteiger partial charge in [0.1, 0.15) is 0 Å². The van der Waals surface area contributed by atoms with Gasteiger partial charge in [0.25, 0.3) is 0 Å². The maximum atomic E-state index is 4.11. The van der Waals surface area contributed by atoms with E-state index in [0.29, 0.717) is 6.04 Å². The minimum Gasteiger partial charge on any atom is -0.380 e. The molecule has 0 spiro atoms. The highest BCUT2D eigenvalue weighted by Crippen LogP contribution is 2.30. The fourth-order valence-corrected chi connectivity index (χ4v) is 3.51. The van der Waals surface area contributed by atoms with Gasteiger partial charge in [-0.1, -0.05) is 19.1 Å². The molecule has 18 heavy (non-hydrogen) atoms. The van der Waals surface area contributed by atoms with E-state index in [2.05, 4.69) is 41.5 Å². The molecule has 2 unspecified atom stereocenters. The molecule has 3 rings (SSSR count). The van der Waals surface area contributed by atoms with Crippen molar-refractivity contribution in [1.29, 1.82) is 0 Å². The summed E-state index contributed by atoms with van der Waals surface area (Å²) in [6, 6.07) is 8.98. The Balaban J connectivity index is 1.84. The Labute approximate surface area is 112 Å². The maximum Gasteiger partial charge on any atom is 0.0992 e. The molecule has 0 saturated carbocycles. The molecule has 1 aromatic heterocycles. The van der Waals surface area contributed by atoms with Crippen molar-refractivity contribution in [2.45, 2.75) is 24.6 Å². The van der Waals surface area contributed by atoms with E-state index in [9.17, 15) is 0 Å². The highest BCUT2D eigenvalue weighted by Gasteiger charge is 2.22. The fraction of sp³-hybridized carbons (Fsp3) is 0.357. The van der Waals surface area contributed by atoms with Crippen LogP contribution in [0.3, 0.4) is 0 Å². The summed E-state index contributed by atoms with van der Waals surface area (Å²) in [5.74, 6) is 1.19. The molecule has 1 aliphatic heterocycles. The monoisotopic (exact) mass is 259 g/mol. The predicted molar refractivity (Wildman–Crippen MR) is 77.5 cm³/mol. The van der Waals surface area contributed by atoms with Crippen LogP contribution in [-0.4, -0.2) is 26.6 Å². The normalized spacial score (nSPS) is 23.2. The van der Waals surface area contributed by atoms with Gasteiger partial charge in [-0.05, 0) is 18.6 Å². The number of rotatable bonds is 3. The van der Waals surface area contributed by atoms with Gasteiger partial charge in [0.2, 0.25) is 0 Å². The second-order valence-corrected chi connectivity index (χ2v) is 6.18. The Bertz CT molecular complexity index is 510. The standard InChI is InChI=1S/C14H17N3S/c1-11-8-12(9-18-11)16-13-4-2-3-5-14(13)17-7-6-15-10-17/h2-7,10-12,16H,8-9H2,1H3. The zero-order valence-corrected chi connectivity index (χ0v) is 11.2. The molecule has 94 valence electrons. The first kappa shape index (κ1) is 11.7. The van der Waals surface area contributed by atoms with Gasteiger partial charge in [-0.3, -0.25) is 0 Å². The van der Waals surface area contributed by atoms with Crippen molar-refractivity contribution in [1.82, 2.24) is 9.55 Å². The molecular formula is C14H17N3S. The molecule has 1 aromatic carbocycles. The first-order chi connectivity index (χ1) is 8.83. The summed E-state index contributed by atoms with van der Waals surface area (Å²) in [5, 5.41) is 4.43. The number of hydrogen-bond acceptors (Lipinski definition) is 3. The molecule has 1 saturated heterocycles.